The quantitative estimate of drug-likeness (QED) is 0.630. The first kappa shape index (κ1) is 19.5. The van der Waals surface area contributed by atoms with Gasteiger partial charge in [0.1, 0.15) is 5.69 Å². The third kappa shape index (κ3) is 3.98. The number of aromatic nitrogens is 1. The van der Waals surface area contributed by atoms with E-state index in [4.69, 9.17) is 14.2 Å². The zero-order chi connectivity index (χ0) is 21.1. The van der Waals surface area contributed by atoms with Crippen molar-refractivity contribution in [1.82, 2.24) is 9.88 Å². The second-order valence-electron chi connectivity index (χ2n) is 6.77. The van der Waals surface area contributed by atoms with Gasteiger partial charge in [-0.1, -0.05) is 24.3 Å². The van der Waals surface area contributed by atoms with Crippen LogP contribution in [0.5, 0.6) is 11.5 Å². The smallest absolute Gasteiger partial charge is 0.355 e. The van der Waals surface area contributed by atoms with E-state index in [1.54, 1.807) is 35.2 Å². The highest BCUT2D eigenvalue weighted by Crippen LogP contribution is 2.32. The first-order valence-electron chi connectivity index (χ1n) is 9.50. The van der Waals surface area contributed by atoms with Crippen molar-refractivity contribution in [3.63, 3.8) is 0 Å². The summed E-state index contributed by atoms with van der Waals surface area (Å²) >= 11 is 0. The molecule has 2 heterocycles. The Labute approximate surface area is 172 Å². The molecule has 0 saturated carbocycles. The third-order valence-electron chi connectivity index (χ3n) is 4.84. The van der Waals surface area contributed by atoms with Gasteiger partial charge in [0.25, 0.3) is 11.5 Å². The predicted octanol–water partition coefficient (Wildman–Crippen LogP) is 2.46. The summed E-state index contributed by atoms with van der Waals surface area (Å²) in [6.07, 6.45) is 0. The number of H-pyrrole nitrogens is 1. The van der Waals surface area contributed by atoms with Crippen molar-refractivity contribution in [2.75, 3.05) is 19.9 Å². The maximum Gasteiger partial charge on any atom is 0.355 e. The van der Waals surface area contributed by atoms with Crippen molar-refractivity contribution in [3.05, 3.63) is 70.1 Å². The molecule has 3 aromatic rings. The zero-order valence-electron chi connectivity index (χ0n) is 16.3. The van der Waals surface area contributed by atoms with Gasteiger partial charge in [0, 0.05) is 18.5 Å². The number of carbonyl (C=O) groups is 2. The number of carbonyl (C=O) groups excluding carboxylic acids is 2. The number of hydrogen-bond donors (Lipinski definition) is 1. The normalized spacial score (nSPS) is 12.0. The van der Waals surface area contributed by atoms with Crippen molar-refractivity contribution in [1.29, 1.82) is 0 Å². The van der Waals surface area contributed by atoms with Gasteiger partial charge in [0.15, 0.2) is 18.1 Å². The van der Waals surface area contributed by atoms with Gasteiger partial charge in [-0.2, -0.15) is 0 Å². The molecule has 8 nitrogen and oxygen atoms in total. The number of likely N-dealkylation sites (N-methyl/N-ethyl adjacent to an activating group) is 1. The Morgan fingerprint density at radius 2 is 1.90 bits per heavy atom. The van der Waals surface area contributed by atoms with Gasteiger partial charge < -0.3 is 24.1 Å². The van der Waals surface area contributed by atoms with E-state index in [1.807, 2.05) is 19.1 Å². The maximum atomic E-state index is 12.5. The Balaban J connectivity index is 1.40. The highest BCUT2D eigenvalue weighted by atomic mass is 16.7. The molecule has 30 heavy (non-hydrogen) atoms. The summed E-state index contributed by atoms with van der Waals surface area (Å²) < 4.78 is 15.8. The van der Waals surface area contributed by atoms with Crippen LogP contribution in [0.3, 0.4) is 0 Å². The molecule has 0 fully saturated rings. The second-order valence-corrected chi connectivity index (χ2v) is 6.77. The van der Waals surface area contributed by atoms with Gasteiger partial charge in [-0.05, 0) is 42.1 Å². The van der Waals surface area contributed by atoms with E-state index in [-0.39, 0.29) is 24.0 Å². The van der Waals surface area contributed by atoms with Crippen molar-refractivity contribution >= 4 is 22.6 Å². The highest BCUT2D eigenvalue weighted by molar-refractivity contribution is 5.94. The SMILES string of the molecule is CCN(Cc1ccc2c(c1)OCO2)C(=O)COC(=O)c1cc2ccccc2c(=O)[nH]1. The monoisotopic (exact) mass is 408 g/mol. The van der Waals surface area contributed by atoms with E-state index in [2.05, 4.69) is 4.98 Å². The van der Waals surface area contributed by atoms with Crippen LogP contribution in [0.15, 0.2) is 53.3 Å². The lowest BCUT2D eigenvalue weighted by atomic mass is 10.1. The van der Waals surface area contributed by atoms with Crippen LogP contribution >= 0.6 is 0 Å². The lowest BCUT2D eigenvalue weighted by molar-refractivity contribution is -0.134. The van der Waals surface area contributed by atoms with E-state index in [0.717, 1.165) is 5.56 Å². The zero-order valence-corrected chi connectivity index (χ0v) is 16.3. The van der Waals surface area contributed by atoms with Crippen LogP contribution in [0.1, 0.15) is 23.0 Å². The molecule has 0 spiro atoms. The molecule has 154 valence electrons. The van der Waals surface area contributed by atoms with Gasteiger partial charge >= 0.3 is 5.97 Å². The van der Waals surface area contributed by atoms with E-state index in [9.17, 15) is 14.4 Å². The summed E-state index contributed by atoms with van der Waals surface area (Å²) in [5.41, 5.74) is 0.495. The van der Waals surface area contributed by atoms with Crippen LogP contribution in [0.4, 0.5) is 0 Å². The van der Waals surface area contributed by atoms with Crippen molar-refractivity contribution in [3.8, 4) is 11.5 Å². The molecule has 0 radical (unpaired) electrons. The molecule has 1 N–H and O–H groups in total. The molecule has 8 heteroatoms. The molecule has 0 atom stereocenters. The van der Waals surface area contributed by atoms with Crippen LogP contribution in [0, 0.1) is 0 Å². The molecule has 0 saturated heterocycles. The first-order chi connectivity index (χ1) is 14.5. The number of nitrogens with one attached hydrogen (secondary N) is 1. The summed E-state index contributed by atoms with van der Waals surface area (Å²) in [6.45, 7) is 2.38. The third-order valence-corrected chi connectivity index (χ3v) is 4.84. The molecule has 1 aromatic heterocycles. The number of esters is 1. The molecule has 0 bridgehead atoms. The summed E-state index contributed by atoms with van der Waals surface area (Å²) in [6, 6.07) is 13.9. The van der Waals surface area contributed by atoms with E-state index in [1.165, 1.54) is 6.07 Å². The van der Waals surface area contributed by atoms with Crippen molar-refractivity contribution < 1.29 is 23.8 Å². The van der Waals surface area contributed by atoms with E-state index < -0.39 is 12.6 Å². The summed E-state index contributed by atoms with van der Waals surface area (Å²) in [7, 11) is 0. The fourth-order valence-electron chi connectivity index (χ4n) is 3.25. The van der Waals surface area contributed by atoms with Gasteiger partial charge in [-0.15, -0.1) is 0 Å². The Hall–Kier alpha value is -3.81. The lowest BCUT2D eigenvalue weighted by Crippen LogP contribution is -2.34. The van der Waals surface area contributed by atoms with E-state index >= 15 is 0 Å². The number of nitrogens with zero attached hydrogens (tertiary/aromatic N) is 1. The van der Waals surface area contributed by atoms with Crippen LogP contribution in [0.2, 0.25) is 0 Å². The molecular formula is C22H20N2O6. The van der Waals surface area contributed by atoms with Gasteiger partial charge in [0.2, 0.25) is 6.79 Å². The second kappa shape index (κ2) is 8.28. The number of rotatable bonds is 6. The Morgan fingerprint density at radius 3 is 2.73 bits per heavy atom. The van der Waals surface area contributed by atoms with Crippen LogP contribution in [0.25, 0.3) is 10.8 Å². The van der Waals surface area contributed by atoms with Gasteiger partial charge in [0.05, 0.1) is 0 Å². The topological polar surface area (TPSA) is 97.9 Å². The Kier molecular flexibility index (Phi) is 5.38. The molecule has 1 amide bonds. The fraction of sp³-hybridized carbons (Fsp3) is 0.227. The summed E-state index contributed by atoms with van der Waals surface area (Å²) in [5, 5.41) is 1.10. The molecule has 1 aliphatic heterocycles. The van der Waals surface area contributed by atoms with Crippen LogP contribution in [-0.2, 0) is 16.1 Å². The molecular weight excluding hydrogens is 388 g/mol. The lowest BCUT2D eigenvalue weighted by Gasteiger charge is -2.21. The number of ether oxygens (including phenoxy) is 3. The molecule has 2 aromatic carbocycles. The number of pyridine rings is 1. The van der Waals surface area contributed by atoms with E-state index in [0.29, 0.717) is 35.4 Å². The maximum absolute atomic E-state index is 12.5. The Bertz CT molecular complexity index is 1170. The predicted molar refractivity (Wildman–Crippen MR) is 109 cm³/mol. The number of aromatic amines is 1. The molecule has 0 aliphatic carbocycles. The van der Waals surface area contributed by atoms with Crippen molar-refractivity contribution in [2.24, 2.45) is 0 Å². The average molecular weight is 408 g/mol. The molecule has 0 unspecified atom stereocenters. The van der Waals surface area contributed by atoms with Crippen LogP contribution in [-0.4, -0.2) is 41.7 Å². The average Bonchev–Trinajstić information content (AvgIpc) is 3.23. The minimum atomic E-state index is -0.759. The number of fused-ring (bicyclic) bond motifs is 2. The standard InChI is InChI=1S/C22H20N2O6/c1-2-24(11-14-7-8-18-19(9-14)30-13-29-18)20(25)12-28-22(27)17-10-15-5-3-4-6-16(15)21(26)23-17/h3-10H,2,11-13H2,1H3,(H,23,26). The fourth-order valence-corrected chi connectivity index (χ4v) is 3.25. The summed E-state index contributed by atoms with van der Waals surface area (Å²) in [4.78, 5) is 41.1. The molecule has 1 aliphatic rings. The Morgan fingerprint density at radius 1 is 1.10 bits per heavy atom. The number of hydrogen-bond acceptors (Lipinski definition) is 6. The van der Waals surface area contributed by atoms with Gasteiger partial charge in [-0.3, -0.25) is 9.59 Å². The number of amides is 1. The molecule has 4 rings (SSSR count). The largest absolute Gasteiger partial charge is 0.454 e. The van der Waals surface area contributed by atoms with Gasteiger partial charge in [-0.25, -0.2) is 4.79 Å². The minimum Gasteiger partial charge on any atom is -0.454 e. The highest BCUT2D eigenvalue weighted by Gasteiger charge is 2.19. The summed E-state index contributed by atoms with van der Waals surface area (Å²) in [5.74, 6) is 0.214. The van der Waals surface area contributed by atoms with Crippen molar-refractivity contribution in [2.45, 2.75) is 13.5 Å². The minimum absolute atomic E-state index is 0.00493. The van der Waals surface area contributed by atoms with Crippen LogP contribution < -0.4 is 15.0 Å². The number of benzene rings is 2. The first-order valence-corrected chi connectivity index (χ1v) is 9.50.